The first-order chi connectivity index (χ1) is 16.1. The minimum Gasteiger partial charge on any atom is -0.464 e. The van der Waals surface area contributed by atoms with Crippen molar-refractivity contribution in [2.45, 2.75) is 64.4 Å². The Morgan fingerprint density at radius 2 is 1.76 bits per heavy atom. The third kappa shape index (κ3) is 5.80. The molecule has 7 heteroatoms. The van der Waals surface area contributed by atoms with E-state index in [-0.39, 0.29) is 12.0 Å². The summed E-state index contributed by atoms with van der Waals surface area (Å²) in [4.78, 5) is 12.3. The standard InChI is InChI=1S/C26H32O7/c1-4-28-24(27)18(3)31-22-17(2)25(29-15-19-11-7-5-8-12-19)32-21-16-30-26(33-23(21)22)20-13-9-6-10-14-20/h5-14,17-18,21-23,25-26H,4,15-16H2,1-3H3/t17-,18-,21?,22?,23+,25-,26?/m0/s1. The molecule has 33 heavy (non-hydrogen) atoms. The average molecular weight is 457 g/mol. The van der Waals surface area contributed by atoms with E-state index < -0.39 is 36.9 Å². The summed E-state index contributed by atoms with van der Waals surface area (Å²) in [5.41, 5.74) is 1.97. The van der Waals surface area contributed by atoms with E-state index in [1.54, 1.807) is 13.8 Å². The normalized spacial score (nSPS) is 30.3. The second kappa shape index (κ2) is 11.2. The van der Waals surface area contributed by atoms with Crippen LogP contribution in [0.5, 0.6) is 0 Å². The molecule has 0 aromatic heterocycles. The molecular formula is C26H32O7. The fourth-order valence-corrected chi connectivity index (χ4v) is 4.18. The minimum absolute atomic E-state index is 0.193. The van der Waals surface area contributed by atoms with E-state index in [2.05, 4.69) is 0 Å². The Labute approximate surface area is 194 Å². The minimum atomic E-state index is -0.743. The molecule has 0 spiro atoms. The largest absolute Gasteiger partial charge is 0.464 e. The zero-order valence-electron chi connectivity index (χ0n) is 19.3. The lowest BCUT2D eigenvalue weighted by molar-refractivity contribution is -0.360. The van der Waals surface area contributed by atoms with Crippen LogP contribution in [0.1, 0.15) is 38.2 Å². The van der Waals surface area contributed by atoms with Crippen molar-refractivity contribution >= 4 is 5.97 Å². The molecule has 2 aromatic rings. The van der Waals surface area contributed by atoms with Crippen LogP contribution in [0, 0.1) is 5.92 Å². The molecule has 178 valence electrons. The van der Waals surface area contributed by atoms with Crippen LogP contribution in [0.2, 0.25) is 0 Å². The van der Waals surface area contributed by atoms with Crippen molar-refractivity contribution in [3.63, 3.8) is 0 Å². The average Bonchev–Trinajstić information content (AvgIpc) is 2.85. The molecule has 2 fully saturated rings. The highest BCUT2D eigenvalue weighted by atomic mass is 16.7. The van der Waals surface area contributed by atoms with Crippen molar-refractivity contribution in [2.24, 2.45) is 5.92 Å². The molecule has 0 amide bonds. The molecule has 7 atom stereocenters. The molecular weight excluding hydrogens is 424 g/mol. The van der Waals surface area contributed by atoms with Crippen LogP contribution in [-0.4, -0.2) is 49.9 Å². The van der Waals surface area contributed by atoms with E-state index in [0.29, 0.717) is 19.8 Å². The fraction of sp³-hybridized carbons (Fsp3) is 0.500. The number of hydrogen-bond donors (Lipinski definition) is 0. The van der Waals surface area contributed by atoms with Gasteiger partial charge in [0.1, 0.15) is 12.2 Å². The topological polar surface area (TPSA) is 72.5 Å². The van der Waals surface area contributed by atoms with E-state index in [1.807, 2.05) is 67.6 Å². The van der Waals surface area contributed by atoms with Crippen molar-refractivity contribution in [1.29, 1.82) is 0 Å². The molecule has 2 saturated heterocycles. The van der Waals surface area contributed by atoms with Crippen LogP contribution in [0.15, 0.2) is 60.7 Å². The molecule has 2 aliphatic heterocycles. The summed E-state index contributed by atoms with van der Waals surface area (Å²) >= 11 is 0. The third-order valence-corrected chi connectivity index (χ3v) is 5.95. The zero-order chi connectivity index (χ0) is 23.2. The Morgan fingerprint density at radius 3 is 2.45 bits per heavy atom. The van der Waals surface area contributed by atoms with Gasteiger partial charge < -0.3 is 28.4 Å². The lowest BCUT2D eigenvalue weighted by Crippen LogP contribution is -2.60. The van der Waals surface area contributed by atoms with Gasteiger partial charge in [0.2, 0.25) is 0 Å². The molecule has 2 heterocycles. The number of hydrogen-bond acceptors (Lipinski definition) is 7. The van der Waals surface area contributed by atoms with Gasteiger partial charge in [0, 0.05) is 11.5 Å². The number of carbonyl (C=O) groups is 1. The van der Waals surface area contributed by atoms with Crippen molar-refractivity contribution in [2.75, 3.05) is 13.2 Å². The Morgan fingerprint density at radius 1 is 1.06 bits per heavy atom. The highest BCUT2D eigenvalue weighted by Gasteiger charge is 2.50. The van der Waals surface area contributed by atoms with Gasteiger partial charge in [-0.2, -0.15) is 0 Å². The van der Waals surface area contributed by atoms with Crippen LogP contribution in [0.25, 0.3) is 0 Å². The summed E-state index contributed by atoms with van der Waals surface area (Å²) in [6.07, 6.45) is -3.07. The maximum Gasteiger partial charge on any atom is 0.334 e. The molecule has 0 radical (unpaired) electrons. The van der Waals surface area contributed by atoms with E-state index in [0.717, 1.165) is 11.1 Å². The Balaban J connectivity index is 1.51. The number of ether oxygens (including phenoxy) is 6. The smallest absolute Gasteiger partial charge is 0.334 e. The molecule has 2 aliphatic rings. The summed E-state index contributed by atoms with van der Waals surface area (Å²) in [7, 11) is 0. The first kappa shape index (κ1) is 23.9. The van der Waals surface area contributed by atoms with Gasteiger partial charge in [0.15, 0.2) is 18.7 Å². The maximum absolute atomic E-state index is 12.3. The summed E-state index contributed by atoms with van der Waals surface area (Å²) in [6, 6.07) is 19.7. The predicted molar refractivity (Wildman–Crippen MR) is 120 cm³/mol. The second-order valence-electron chi connectivity index (χ2n) is 8.37. The first-order valence-corrected chi connectivity index (χ1v) is 11.5. The first-order valence-electron chi connectivity index (χ1n) is 11.5. The number of rotatable bonds is 8. The van der Waals surface area contributed by atoms with Gasteiger partial charge >= 0.3 is 5.97 Å². The van der Waals surface area contributed by atoms with E-state index >= 15 is 0 Å². The zero-order valence-corrected chi connectivity index (χ0v) is 19.3. The Hall–Kier alpha value is -2.29. The predicted octanol–water partition coefficient (Wildman–Crippen LogP) is 4.02. The third-order valence-electron chi connectivity index (χ3n) is 5.95. The maximum atomic E-state index is 12.3. The summed E-state index contributed by atoms with van der Waals surface area (Å²) in [5.74, 6) is -0.595. The molecule has 0 saturated carbocycles. The van der Waals surface area contributed by atoms with Crippen LogP contribution in [0.3, 0.4) is 0 Å². The van der Waals surface area contributed by atoms with Crippen molar-refractivity contribution < 1.29 is 33.2 Å². The monoisotopic (exact) mass is 456 g/mol. The molecule has 2 aromatic carbocycles. The van der Waals surface area contributed by atoms with Gasteiger partial charge in [-0.25, -0.2) is 4.79 Å². The highest BCUT2D eigenvalue weighted by molar-refractivity contribution is 5.74. The highest BCUT2D eigenvalue weighted by Crippen LogP contribution is 2.38. The number of fused-ring (bicyclic) bond motifs is 1. The van der Waals surface area contributed by atoms with Crippen molar-refractivity contribution in [1.82, 2.24) is 0 Å². The van der Waals surface area contributed by atoms with Gasteiger partial charge in [-0.15, -0.1) is 0 Å². The lowest BCUT2D eigenvalue weighted by Gasteiger charge is -2.48. The van der Waals surface area contributed by atoms with Crippen LogP contribution >= 0.6 is 0 Å². The van der Waals surface area contributed by atoms with E-state index in [1.165, 1.54) is 0 Å². The second-order valence-corrected chi connectivity index (χ2v) is 8.37. The van der Waals surface area contributed by atoms with E-state index in [9.17, 15) is 4.79 Å². The van der Waals surface area contributed by atoms with Crippen molar-refractivity contribution in [3.8, 4) is 0 Å². The van der Waals surface area contributed by atoms with Crippen LogP contribution in [0.4, 0.5) is 0 Å². The summed E-state index contributed by atoms with van der Waals surface area (Å²) in [6.45, 7) is 6.49. The van der Waals surface area contributed by atoms with Gasteiger partial charge in [0.25, 0.3) is 0 Å². The summed E-state index contributed by atoms with van der Waals surface area (Å²) < 4.78 is 36.1. The lowest BCUT2D eigenvalue weighted by atomic mass is 9.91. The summed E-state index contributed by atoms with van der Waals surface area (Å²) in [5, 5.41) is 0. The van der Waals surface area contributed by atoms with Crippen molar-refractivity contribution in [3.05, 3.63) is 71.8 Å². The van der Waals surface area contributed by atoms with Crippen LogP contribution in [-0.2, 0) is 39.8 Å². The Bertz CT molecular complexity index is 875. The van der Waals surface area contributed by atoms with Gasteiger partial charge in [-0.05, 0) is 19.4 Å². The molecule has 7 nitrogen and oxygen atoms in total. The fourth-order valence-electron chi connectivity index (χ4n) is 4.18. The molecule has 0 N–H and O–H groups in total. The van der Waals surface area contributed by atoms with Gasteiger partial charge in [-0.1, -0.05) is 67.6 Å². The SMILES string of the molecule is CCOC(=O)[C@H](C)OC1[C@@H]2OC(c3ccccc3)OCC2O[C@H](OCc2ccccc2)[C@H]1C. The van der Waals surface area contributed by atoms with Crippen LogP contribution < -0.4 is 0 Å². The number of benzene rings is 2. The van der Waals surface area contributed by atoms with Gasteiger partial charge in [0.05, 0.1) is 25.9 Å². The van der Waals surface area contributed by atoms with E-state index in [4.69, 9.17) is 28.4 Å². The number of esters is 1. The molecule has 4 rings (SSSR count). The Kier molecular flexibility index (Phi) is 8.11. The quantitative estimate of drug-likeness (QED) is 0.556. The van der Waals surface area contributed by atoms with Gasteiger partial charge in [-0.3, -0.25) is 0 Å². The molecule has 0 bridgehead atoms. The number of carbonyl (C=O) groups excluding carboxylic acids is 1. The molecule has 3 unspecified atom stereocenters. The molecule has 0 aliphatic carbocycles.